The van der Waals surface area contributed by atoms with Gasteiger partial charge in [0.25, 0.3) is 11.8 Å². The lowest BCUT2D eigenvalue weighted by molar-refractivity contribution is -0.152. The number of hydrogen-bond donors (Lipinski definition) is 2. The van der Waals surface area contributed by atoms with Crippen LogP contribution in [0.15, 0.2) is 48.5 Å². The van der Waals surface area contributed by atoms with E-state index in [1.165, 1.54) is 5.56 Å². The predicted molar refractivity (Wildman–Crippen MR) is 119 cm³/mol. The van der Waals surface area contributed by atoms with Crippen LogP contribution in [0, 0.1) is 0 Å². The summed E-state index contributed by atoms with van der Waals surface area (Å²) in [6.07, 6.45) is 2.89. The number of carbonyl (C=O) groups excluding carboxylic acids is 3. The van der Waals surface area contributed by atoms with Gasteiger partial charge < -0.3 is 15.0 Å². The van der Waals surface area contributed by atoms with E-state index in [0.29, 0.717) is 5.39 Å². The van der Waals surface area contributed by atoms with E-state index in [1.54, 1.807) is 18.0 Å². The molecule has 2 aromatic carbocycles. The Labute approximate surface area is 185 Å². The number of nitrogens with zero attached hydrogens (tertiary/aromatic N) is 2. The van der Waals surface area contributed by atoms with Gasteiger partial charge in [0.1, 0.15) is 0 Å². The Morgan fingerprint density at radius 3 is 2.81 bits per heavy atom. The van der Waals surface area contributed by atoms with Crippen molar-refractivity contribution in [2.75, 3.05) is 20.2 Å². The monoisotopic (exact) mass is 434 g/mol. The highest BCUT2D eigenvalue weighted by atomic mass is 16.5. The molecule has 1 heterocycles. The zero-order valence-electron chi connectivity index (χ0n) is 18.0. The zero-order chi connectivity index (χ0) is 22.5. The Kier molecular flexibility index (Phi) is 6.49. The van der Waals surface area contributed by atoms with Gasteiger partial charge in [-0.2, -0.15) is 5.10 Å². The summed E-state index contributed by atoms with van der Waals surface area (Å²) in [4.78, 5) is 38.6. The number of carbonyl (C=O) groups is 3. The third-order valence-corrected chi connectivity index (χ3v) is 5.86. The SMILES string of the molecule is CN(C(=O)COC(=O)CCNC(=O)c1n[nH]c2ccccc12)C1CCCc2ccccc21. The van der Waals surface area contributed by atoms with Crippen molar-refractivity contribution in [3.05, 3.63) is 65.4 Å². The van der Waals surface area contributed by atoms with Gasteiger partial charge in [-0.1, -0.05) is 42.5 Å². The molecule has 0 fully saturated rings. The first-order valence-corrected chi connectivity index (χ1v) is 10.7. The lowest BCUT2D eigenvalue weighted by Gasteiger charge is -2.33. The molecule has 8 heteroatoms. The van der Waals surface area contributed by atoms with Crippen LogP contribution < -0.4 is 5.32 Å². The second-order valence-corrected chi connectivity index (χ2v) is 7.90. The largest absolute Gasteiger partial charge is 0.456 e. The normalized spacial score (nSPS) is 15.1. The molecule has 2 N–H and O–H groups in total. The average molecular weight is 434 g/mol. The number of H-pyrrole nitrogens is 1. The minimum Gasteiger partial charge on any atom is -0.456 e. The van der Waals surface area contributed by atoms with E-state index in [-0.39, 0.29) is 43.1 Å². The fourth-order valence-corrected chi connectivity index (χ4v) is 4.12. The number of amides is 2. The number of likely N-dealkylation sites (N-methyl/N-ethyl adjacent to an activating group) is 1. The molecule has 166 valence electrons. The summed E-state index contributed by atoms with van der Waals surface area (Å²) in [5, 5.41) is 10.2. The van der Waals surface area contributed by atoms with E-state index in [0.717, 1.165) is 30.3 Å². The summed E-state index contributed by atoms with van der Waals surface area (Å²) in [7, 11) is 1.75. The number of benzene rings is 2. The summed E-state index contributed by atoms with van der Waals surface area (Å²) in [5.74, 6) is -1.16. The summed E-state index contributed by atoms with van der Waals surface area (Å²) in [5.41, 5.74) is 3.47. The average Bonchev–Trinajstić information content (AvgIpc) is 3.26. The van der Waals surface area contributed by atoms with E-state index in [1.807, 2.05) is 30.3 Å². The van der Waals surface area contributed by atoms with Crippen LogP contribution in [-0.4, -0.2) is 53.1 Å². The van der Waals surface area contributed by atoms with Crippen molar-refractivity contribution in [2.24, 2.45) is 0 Å². The van der Waals surface area contributed by atoms with Gasteiger partial charge in [0.05, 0.1) is 18.0 Å². The second-order valence-electron chi connectivity index (χ2n) is 7.90. The molecule has 1 aliphatic rings. The minimum atomic E-state index is -0.539. The Hall–Kier alpha value is -3.68. The number of aromatic amines is 1. The van der Waals surface area contributed by atoms with Gasteiger partial charge in [0.15, 0.2) is 12.3 Å². The molecule has 0 aliphatic heterocycles. The zero-order valence-corrected chi connectivity index (χ0v) is 18.0. The number of esters is 1. The Bertz CT molecular complexity index is 1140. The number of rotatable bonds is 7. The summed E-state index contributed by atoms with van der Waals surface area (Å²) in [6, 6.07) is 15.4. The number of nitrogens with one attached hydrogen (secondary N) is 2. The summed E-state index contributed by atoms with van der Waals surface area (Å²) < 4.78 is 5.14. The molecule has 0 bridgehead atoms. The standard InChI is InChI=1S/C24H26N4O4/c1-28(20-12-6-8-16-7-2-3-9-17(16)20)21(29)15-32-22(30)13-14-25-24(31)23-18-10-4-5-11-19(18)26-27-23/h2-5,7,9-11,20H,6,8,12-15H2,1H3,(H,25,31)(H,26,27). The first-order valence-electron chi connectivity index (χ1n) is 10.7. The minimum absolute atomic E-state index is 0.00545. The van der Waals surface area contributed by atoms with Gasteiger partial charge in [0.2, 0.25) is 0 Å². The Morgan fingerprint density at radius 1 is 1.16 bits per heavy atom. The Balaban J connectivity index is 1.23. The molecule has 0 spiro atoms. The molecule has 0 saturated carbocycles. The van der Waals surface area contributed by atoms with E-state index < -0.39 is 5.97 Å². The number of aromatic nitrogens is 2. The van der Waals surface area contributed by atoms with Crippen LogP contribution in [0.4, 0.5) is 0 Å². The van der Waals surface area contributed by atoms with E-state index in [4.69, 9.17) is 4.74 Å². The molecule has 4 rings (SSSR count). The Morgan fingerprint density at radius 2 is 1.94 bits per heavy atom. The maximum Gasteiger partial charge on any atom is 0.308 e. The van der Waals surface area contributed by atoms with Gasteiger partial charge in [-0.25, -0.2) is 0 Å². The van der Waals surface area contributed by atoms with Crippen LogP contribution in [-0.2, 0) is 20.7 Å². The maximum atomic E-state index is 12.6. The van der Waals surface area contributed by atoms with Crippen LogP contribution in [0.25, 0.3) is 10.9 Å². The molecule has 1 unspecified atom stereocenters. The topological polar surface area (TPSA) is 104 Å². The molecule has 8 nitrogen and oxygen atoms in total. The van der Waals surface area contributed by atoms with Crippen molar-refractivity contribution in [1.29, 1.82) is 0 Å². The van der Waals surface area contributed by atoms with Gasteiger partial charge >= 0.3 is 5.97 Å². The first kappa shape index (κ1) is 21.5. The van der Waals surface area contributed by atoms with Crippen LogP contribution in [0.1, 0.15) is 46.9 Å². The predicted octanol–water partition coefficient (Wildman–Crippen LogP) is 2.76. The molecule has 32 heavy (non-hydrogen) atoms. The van der Waals surface area contributed by atoms with Gasteiger partial charge in [-0.05, 0) is 36.5 Å². The van der Waals surface area contributed by atoms with Crippen molar-refractivity contribution in [3.63, 3.8) is 0 Å². The van der Waals surface area contributed by atoms with Crippen LogP contribution in [0.3, 0.4) is 0 Å². The number of ether oxygens (including phenoxy) is 1. The van der Waals surface area contributed by atoms with E-state index in [2.05, 4.69) is 27.6 Å². The quantitative estimate of drug-likeness (QED) is 0.557. The highest BCUT2D eigenvalue weighted by Gasteiger charge is 2.27. The van der Waals surface area contributed by atoms with Crippen molar-refractivity contribution < 1.29 is 19.1 Å². The summed E-state index contributed by atoms with van der Waals surface area (Å²) >= 11 is 0. The second kappa shape index (κ2) is 9.64. The van der Waals surface area contributed by atoms with Gasteiger partial charge in [0, 0.05) is 19.0 Å². The molecular formula is C24H26N4O4. The number of fused-ring (bicyclic) bond motifs is 2. The van der Waals surface area contributed by atoms with Crippen molar-refractivity contribution >= 4 is 28.7 Å². The molecule has 3 aromatic rings. The van der Waals surface area contributed by atoms with Crippen molar-refractivity contribution in [1.82, 2.24) is 20.4 Å². The highest BCUT2D eigenvalue weighted by molar-refractivity contribution is 6.04. The smallest absolute Gasteiger partial charge is 0.308 e. The molecule has 1 aromatic heterocycles. The number of para-hydroxylation sites is 1. The molecule has 0 saturated heterocycles. The fourth-order valence-electron chi connectivity index (χ4n) is 4.12. The molecule has 1 aliphatic carbocycles. The third kappa shape index (κ3) is 4.64. The van der Waals surface area contributed by atoms with Gasteiger partial charge in [-0.15, -0.1) is 0 Å². The highest BCUT2D eigenvalue weighted by Crippen LogP contribution is 2.33. The van der Waals surface area contributed by atoms with E-state index in [9.17, 15) is 14.4 Å². The maximum absolute atomic E-state index is 12.6. The van der Waals surface area contributed by atoms with Crippen LogP contribution in [0.2, 0.25) is 0 Å². The number of hydrogen-bond acceptors (Lipinski definition) is 5. The molecule has 0 radical (unpaired) electrons. The summed E-state index contributed by atoms with van der Waals surface area (Å²) in [6.45, 7) is -0.217. The lowest BCUT2D eigenvalue weighted by atomic mass is 9.87. The molecule has 2 amide bonds. The lowest BCUT2D eigenvalue weighted by Crippen LogP contribution is -2.36. The molecular weight excluding hydrogens is 408 g/mol. The third-order valence-electron chi connectivity index (χ3n) is 5.86. The van der Waals surface area contributed by atoms with Crippen LogP contribution in [0.5, 0.6) is 0 Å². The van der Waals surface area contributed by atoms with Gasteiger partial charge in [-0.3, -0.25) is 19.5 Å². The van der Waals surface area contributed by atoms with E-state index >= 15 is 0 Å². The first-order chi connectivity index (χ1) is 15.5. The number of aryl methyl sites for hydroxylation is 1. The fraction of sp³-hybridized carbons (Fsp3) is 0.333. The van der Waals surface area contributed by atoms with Crippen molar-refractivity contribution in [3.8, 4) is 0 Å². The molecule has 1 atom stereocenters. The van der Waals surface area contributed by atoms with Crippen LogP contribution >= 0.6 is 0 Å². The van der Waals surface area contributed by atoms with Crippen molar-refractivity contribution in [2.45, 2.75) is 31.7 Å².